The van der Waals surface area contributed by atoms with Gasteiger partial charge in [0.25, 0.3) is 0 Å². The van der Waals surface area contributed by atoms with Gasteiger partial charge in [0.1, 0.15) is 11.9 Å². The minimum absolute atomic E-state index is 0.0438. The number of aromatic nitrogens is 1. The summed E-state index contributed by atoms with van der Waals surface area (Å²) in [5, 5.41) is 7.43. The average Bonchev–Trinajstić information content (AvgIpc) is 2.76. The number of hydrogen-bond donors (Lipinski definition) is 2. The molecule has 0 amide bonds. The molecule has 2 N–H and O–H groups in total. The van der Waals surface area contributed by atoms with Gasteiger partial charge in [0, 0.05) is 53.1 Å². The molecule has 1 saturated carbocycles. The van der Waals surface area contributed by atoms with Gasteiger partial charge in [-0.15, -0.1) is 0 Å². The zero-order valence-electron chi connectivity index (χ0n) is 26.2. The van der Waals surface area contributed by atoms with E-state index in [1.807, 2.05) is 12.3 Å². The minimum atomic E-state index is -0.154. The predicted octanol–water partition coefficient (Wildman–Crippen LogP) is 6.09. The third-order valence-corrected chi connectivity index (χ3v) is 7.94. The Balaban J connectivity index is 1.39. The summed E-state index contributed by atoms with van der Waals surface area (Å²) in [4.78, 5) is 7.29. The molecule has 38 heavy (non-hydrogen) atoms. The number of piperidine rings is 1. The molecule has 218 valence electrons. The summed E-state index contributed by atoms with van der Waals surface area (Å²) in [5.41, 5.74) is 1.25. The van der Waals surface area contributed by atoms with Gasteiger partial charge < -0.3 is 25.0 Å². The maximum absolute atomic E-state index is 6.41. The van der Waals surface area contributed by atoms with Crippen LogP contribution < -0.4 is 15.4 Å². The van der Waals surface area contributed by atoms with E-state index in [0.29, 0.717) is 18.2 Å². The Morgan fingerprint density at radius 2 is 1.47 bits per heavy atom. The van der Waals surface area contributed by atoms with Crippen molar-refractivity contribution in [3.05, 3.63) is 24.0 Å². The molecule has 1 saturated heterocycles. The minimum Gasteiger partial charge on any atom is -0.490 e. The topological polar surface area (TPSA) is 58.7 Å². The molecule has 0 unspecified atom stereocenters. The Morgan fingerprint density at radius 3 is 2.08 bits per heavy atom. The first-order valence-corrected chi connectivity index (χ1v) is 15.0. The molecular formula is C32H58N4O2. The Kier molecular flexibility index (Phi) is 10.3. The Labute approximate surface area is 234 Å². The largest absolute Gasteiger partial charge is 0.490 e. The molecular weight excluding hydrogens is 472 g/mol. The molecule has 2 aliphatic rings. The molecule has 2 fully saturated rings. The molecule has 0 radical (unpaired) electrons. The van der Waals surface area contributed by atoms with Crippen LogP contribution in [0.4, 0.5) is 0 Å². The Bertz CT molecular complexity index is 857. The number of ether oxygens (including phenoxy) is 2. The van der Waals surface area contributed by atoms with Crippen molar-refractivity contribution in [3.8, 4) is 5.75 Å². The first-order valence-electron chi connectivity index (χ1n) is 15.0. The van der Waals surface area contributed by atoms with Crippen molar-refractivity contribution in [3.63, 3.8) is 0 Å². The van der Waals surface area contributed by atoms with Gasteiger partial charge in [-0.3, -0.25) is 4.98 Å². The lowest BCUT2D eigenvalue weighted by atomic mass is 9.81. The normalized spacial score (nSPS) is 22.4. The first-order chi connectivity index (χ1) is 17.5. The van der Waals surface area contributed by atoms with Crippen LogP contribution in [-0.4, -0.2) is 71.0 Å². The van der Waals surface area contributed by atoms with Crippen LogP contribution >= 0.6 is 0 Å². The summed E-state index contributed by atoms with van der Waals surface area (Å²) >= 11 is 0. The lowest BCUT2D eigenvalue weighted by Gasteiger charge is -2.40. The lowest BCUT2D eigenvalue weighted by molar-refractivity contribution is -0.0378. The second-order valence-corrected chi connectivity index (χ2v) is 15.2. The average molecular weight is 531 g/mol. The highest BCUT2D eigenvalue weighted by atomic mass is 16.5. The van der Waals surface area contributed by atoms with Gasteiger partial charge in [0.05, 0.1) is 12.2 Å². The van der Waals surface area contributed by atoms with Crippen LogP contribution in [0.5, 0.6) is 5.75 Å². The number of nitrogens with one attached hydrogen (secondary N) is 2. The van der Waals surface area contributed by atoms with Gasteiger partial charge in [-0.05, 0) is 113 Å². The number of pyridine rings is 1. The van der Waals surface area contributed by atoms with Crippen LogP contribution in [0.15, 0.2) is 18.3 Å². The maximum Gasteiger partial charge on any atom is 0.123 e. The second kappa shape index (κ2) is 12.5. The van der Waals surface area contributed by atoms with Gasteiger partial charge in [-0.25, -0.2) is 0 Å². The van der Waals surface area contributed by atoms with E-state index in [4.69, 9.17) is 14.5 Å². The van der Waals surface area contributed by atoms with E-state index >= 15 is 0 Å². The van der Waals surface area contributed by atoms with Crippen molar-refractivity contribution < 1.29 is 9.47 Å². The fourth-order valence-electron chi connectivity index (χ4n) is 5.62. The molecule has 0 aromatic carbocycles. The number of likely N-dealkylation sites (tertiary alicyclic amines) is 1. The summed E-state index contributed by atoms with van der Waals surface area (Å²) in [5.74, 6) is 0.944. The predicted molar refractivity (Wildman–Crippen MR) is 159 cm³/mol. The summed E-state index contributed by atoms with van der Waals surface area (Å²) in [7, 11) is 0. The van der Waals surface area contributed by atoms with Crippen LogP contribution in [0.25, 0.3) is 0 Å². The Morgan fingerprint density at radius 1 is 0.868 bits per heavy atom. The second-order valence-electron chi connectivity index (χ2n) is 15.2. The van der Waals surface area contributed by atoms with Crippen molar-refractivity contribution >= 4 is 0 Å². The molecule has 0 atom stereocenters. The monoisotopic (exact) mass is 530 g/mol. The van der Waals surface area contributed by atoms with E-state index < -0.39 is 0 Å². The maximum atomic E-state index is 6.41. The summed E-state index contributed by atoms with van der Waals surface area (Å²) in [6.45, 7) is 26.6. The summed E-state index contributed by atoms with van der Waals surface area (Å²) in [6.07, 6.45) is 8.78. The number of rotatable bonds is 12. The quantitative estimate of drug-likeness (QED) is 0.341. The Hall–Kier alpha value is -1.21. The van der Waals surface area contributed by atoms with Gasteiger partial charge in [-0.2, -0.15) is 0 Å². The highest BCUT2D eigenvalue weighted by molar-refractivity contribution is 5.27. The van der Waals surface area contributed by atoms with Crippen LogP contribution in [0.2, 0.25) is 0 Å². The molecule has 6 nitrogen and oxygen atoms in total. The standard InChI is InChI=1S/C32H58N4O2/c1-29(2,3)34-24-12-17-36(18-13-24)19-20-37-32(9,10)15-14-31(7,8)28-23-26(11-16-33-28)38-27-21-25(22-27)35-30(4,5)6/h11,16,23-25,27,34-35H,12-15,17-22H2,1-10H3. The lowest BCUT2D eigenvalue weighted by Crippen LogP contribution is -2.53. The van der Waals surface area contributed by atoms with Crippen LogP contribution in [0, 0.1) is 0 Å². The summed E-state index contributed by atoms with van der Waals surface area (Å²) in [6, 6.07) is 5.34. The van der Waals surface area contributed by atoms with Crippen LogP contribution in [0.3, 0.4) is 0 Å². The van der Waals surface area contributed by atoms with E-state index in [-0.39, 0.29) is 22.1 Å². The summed E-state index contributed by atoms with van der Waals surface area (Å²) < 4.78 is 12.7. The highest BCUT2D eigenvalue weighted by Crippen LogP contribution is 2.34. The molecule has 0 spiro atoms. The van der Waals surface area contributed by atoms with Gasteiger partial charge in [0.2, 0.25) is 0 Å². The molecule has 1 aromatic heterocycles. The van der Waals surface area contributed by atoms with Crippen molar-refractivity contribution in [1.29, 1.82) is 0 Å². The molecule has 2 heterocycles. The zero-order valence-corrected chi connectivity index (χ0v) is 26.2. The van der Waals surface area contributed by atoms with Gasteiger partial charge >= 0.3 is 0 Å². The van der Waals surface area contributed by atoms with E-state index in [2.05, 4.69) is 90.8 Å². The number of nitrogens with zero attached hydrogens (tertiary/aromatic N) is 2. The van der Waals surface area contributed by atoms with Gasteiger partial charge in [0.15, 0.2) is 0 Å². The molecule has 1 aliphatic carbocycles. The van der Waals surface area contributed by atoms with E-state index in [9.17, 15) is 0 Å². The molecule has 1 aromatic rings. The molecule has 6 heteroatoms. The van der Waals surface area contributed by atoms with E-state index in [1.165, 1.54) is 12.8 Å². The van der Waals surface area contributed by atoms with E-state index in [0.717, 1.165) is 63.4 Å². The highest BCUT2D eigenvalue weighted by Gasteiger charge is 2.34. The SMILES string of the molecule is CC(C)(C)NC1CCN(CCOC(C)(C)CCC(C)(C)c2cc(OC3CC(NC(C)(C)C)C3)ccn2)CC1. The first kappa shape index (κ1) is 31.3. The van der Waals surface area contributed by atoms with Crippen molar-refractivity contribution in [2.45, 2.75) is 148 Å². The van der Waals surface area contributed by atoms with E-state index in [1.54, 1.807) is 0 Å². The van der Waals surface area contributed by atoms with Gasteiger partial charge in [-0.1, -0.05) is 13.8 Å². The molecule has 1 aliphatic heterocycles. The van der Waals surface area contributed by atoms with Crippen LogP contribution in [0.1, 0.15) is 113 Å². The third kappa shape index (κ3) is 10.7. The third-order valence-electron chi connectivity index (χ3n) is 7.94. The van der Waals surface area contributed by atoms with Crippen molar-refractivity contribution in [2.24, 2.45) is 0 Å². The number of hydrogen-bond acceptors (Lipinski definition) is 6. The molecule has 0 bridgehead atoms. The van der Waals surface area contributed by atoms with Crippen LogP contribution in [-0.2, 0) is 10.2 Å². The zero-order chi connectivity index (χ0) is 28.2. The van der Waals surface area contributed by atoms with Crippen molar-refractivity contribution in [1.82, 2.24) is 20.5 Å². The fourth-order valence-corrected chi connectivity index (χ4v) is 5.62. The smallest absolute Gasteiger partial charge is 0.123 e. The molecule has 3 rings (SSSR count). The van der Waals surface area contributed by atoms with Crippen molar-refractivity contribution in [2.75, 3.05) is 26.2 Å². The fraction of sp³-hybridized carbons (Fsp3) is 0.844.